The summed E-state index contributed by atoms with van der Waals surface area (Å²) in [6.45, 7) is 1.64. The molecule has 1 saturated heterocycles. The Labute approximate surface area is 182 Å². The molecule has 0 unspecified atom stereocenters. The van der Waals surface area contributed by atoms with Gasteiger partial charge in [0.15, 0.2) is 11.6 Å². The number of thiophene rings is 1. The van der Waals surface area contributed by atoms with E-state index in [2.05, 4.69) is 10.2 Å². The number of carbonyl (C=O) groups excluding carboxylic acids is 1. The number of hydrogen-bond acceptors (Lipinski definition) is 5. The zero-order chi connectivity index (χ0) is 22.0. The van der Waals surface area contributed by atoms with Gasteiger partial charge in [-0.25, -0.2) is 17.2 Å². The van der Waals surface area contributed by atoms with Crippen molar-refractivity contribution in [3.05, 3.63) is 76.5 Å². The van der Waals surface area contributed by atoms with Crippen LogP contribution in [0.4, 0.5) is 20.2 Å². The molecule has 4 rings (SSSR count). The van der Waals surface area contributed by atoms with Gasteiger partial charge in [-0.05, 0) is 35.7 Å². The number of benzene rings is 2. The second-order valence-corrected chi connectivity index (χ2v) is 9.75. The molecule has 3 aromatic rings. The summed E-state index contributed by atoms with van der Waals surface area (Å²) in [6.07, 6.45) is 0. The third-order valence-electron chi connectivity index (χ3n) is 4.99. The van der Waals surface area contributed by atoms with Gasteiger partial charge in [-0.1, -0.05) is 18.2 Å². The van der Waals surface area contributed by atoms with Crippen molar-refractivity contribution >= 4 is 38.6 Å². The fraction of sp³-hybridized carbons (Fsp3) is 0.190. The standard InChI is InChI=1S/C21H19F2N3O3S2/c22-17-7-6-15(14-18(17)23)24-21(27)20-19(8-13-30-20)31(28,29)26-11-9-25(10-12-26)16-4-2-1-3-5-16/h1-8,13-14H,9-12H2,(H,24,27). The van der Waals surface area contributed by atoms with Gasteiger partial charge in [-0.15, -0.1) is 11.3 Å². The van der Waals surface area contributed by atoms with E-state index in [4.69, 9.17) is 0 Å². The number of nitrogens with zero attached hydrogens (tertiary/aromatic N) is 2. The number of halogens is 2. The molecule has 1 fully saturated rings. The van der Waals surface area contributed by atoms with E-state index < -0.39 is 27.6 Å². The maximum Gasteiger partial charge on any atom is 0.267 e. The Bertz CT molecular complexity index is 1190. The van der Waals surface area contributed by atoms with Crippen LogP contribution in [0.5, 0.6) is 0 Å². The molecule has 1 aliphatic rings. The highest BCUT2D eigenvalue weighted by molar-refractivity contribution is 7.89. The third-order valence-corrected chi connectivity index (χ3v) is 7.97. The van der Waals surface area contributed by atoms with Gasteiger partial charge in [0.25, 0.3) is 5.91 Å². The number of amides is 1. The summed E-state index contributed by atoms with van der Waals surface area (Å²) in [5.74, 6) is -2.83. The van der Waals surface area contributed by atoms with Crippen LogP contribution >= 0.6 is 11.3 Å². The second kappa shape index (κ2) is 8.74. The molecule has 1 aromatic heterocycles. The fourth-order valence-electron chi connectivity index (χ4n) is 3.39. The summed E-state index contributed by atoms with van der Waals surface area (Å²) in [5, 5.41) is 3.95. The molecule has 0 spiro atoms. The monoisotopic (exact) mass is 463 g/mol. The number of nitrogens with one attached hydrogen (secondary N) is 1. The van der Waals surface area contributed by atoms with E-state index in [1.807, 2.05) is 30.3 Å². The first kappa shape index (κ1) is 21.4. The molecule has 0 aliphatic carbocycles. The fourth-order valence-corrected chi connectivity index (χ4v) is 6.11. The molecule has 1 N–H and O–H groups in total. The molecule has 10 heteroatoms. The quantitative estimate of drug-likeness (QED) is 0.625. The lowest BCUT2D eigenvalue weighted by atomic mass is 10.2. The van der Waals surface area contributed by atoms with Gasteiger partial charge in [0, 0.05) is 43.6 Å². The minimum atomic E-state index is -3.88. The van der Waals surface area contributed by atoms with E-state index in [-0.39, 0.29) is 28.5 Å². The van der Waals surface area contributed by atoms with Gasteiger partial charge in [-0.3, -0.25) is 4.79 Å². The Kier molecular flexibility index (Phi) is 6.03. The van der Waals surface area contributed by atoms with Crippen LogP contribution in [0.3, 0.4) is 0 Å². The highest BCUT2D eigenvalue weighted by atomic mass is 32.2. The summed E-state index contributed by atoms with van der Waals surface area (Å²) in [5.41, 5.74) is 1.07. The maximum atomic E-state index is 13.4. The number of piperazine rings is 1. The zero-order valence-corrected chi connectivity index (χ0v) is 17.9. The summed E-state index contributed by atoms with van der Waals surface area (Å²) in [4.78, 5) is 14.7. The molecule has 0 radical (unpaired) electrons. The molecule has 31 heavy (non-hydrogen) atoms. The van der Waals surface area contributed by atoms with Gasteiger partial charge in [0.1, 0.15) is 9.77 Å². The Morgan fingerprint density at radius 1 is 0.935 bits per heavy atom. The topological polar surface area (TPSA) is 69.7 Å². The van der Waals surface area contributed by atoms with Crippen molar-refractivity contribution in [1.82, 2.24) is 4.31 Å². The molecule has 2 aromatic carbocycles. The van der Waals surface area contributed by atoms with Crippen molar-refractivity contribution in [3.8, 4) is 0 Å². The number of rotatable bonds is 5. The molecule has 1 amide bonds. The van der Waals surface area contributed by atoms with Crippen LogP contribution in [-0.4, -0.2) is 44.8 Å². The number of hydrogen-bond donors (Lipinski definition) is 1. The predicted molar refractivity (Wildman–Crippen MR) is 116 cm³/mol. The van der Waals surface area contributed by atoms with Gasteiger partial charge < -0.3 is 10.2 Å². The first-order valence-electron chi connectivity index (χ1n) is 9.50. The summed E-state index contributed by atoms with van der Waals surface area (Å²) in [7, 11) is -3.88. The highest BCUT2D eigenvalue weighted by Crippen LogP contribution is 2.28. The van der Waals surface area contributed by atoms with E-state index in [0.29, 0.717) is 13.1 Å². The minimum absolute atomic E-state index is 0.00442. The van der Waals surface area contributed by atoms with E-state index >= 15 is 0 Å². The second-order valence-electron chi connectivity index (χ2n) is 6.92. The van der Waals surface area contributed by atoms with Crippen LogP contribution < -0.4 is 10.2 Å². The van der Waals surface area contributed by atoms with Crippen LogP contribution in [0.1, 0.15) is 9.67 Å². The smallest absolute Gasteiger partial charge is 0.267 e. The molecular weight excluding hydrogens is 444 g/mol. The Morgan fingerprint density at radius 2 is 1.65 bits per heavy atom. The molecular formula is C21H19F2N3O3S2. The third kappa shape index (κ3) is 4.46. The van der Waals surface area contributed by atoms with Crippen molar-refractivity contribution in [1.29, 1.82) is 0 Å². The SMILES string of the molecule is O=C(Nc1ccc(F)c(F)c1)c1sccc1S(=O)(=O)N1CCN(c2ccccc2)CC1. The van der Waals surface area contributed by atoms with Crippen molar-refractivity contribution in [3.63, 3.8) is 0 Å². The van der Waals surface area contributed by atoms with Crippen LogP contribution in [0, 0.1) is 11.6 Å². The Morgan fingerprint density at radius 3 is 2.32 bits per heavy atom. The summed E-state index contributed by atoms with van der Waals surface area (Å²) >= 11 is 0.976. The molecule has 2 heterocycles. The zero-order valence-electron chi connectivity index (χ0n) is 16.3. The van der Waals surface area contributed by atoms with Crippen molar-refractivity contribution in [2.45, 2.75) is 4.90 Å². The average molecular weight is 464 g/mol. The van der Waals surface area contributed by atoms with Gasteiger partial charge >= 0.3 is 0 Å². The summed E-state index contributed by atoms with van der Waals surface area (Å²) in [6, 6.07) is 14.1. The Balaban J connectivity index is 1.49. The largest absolute Gasteiger partial charge is 0.369 e. The molecule has 0 atom stereocenters. The van der Waals surface area contributed by atoms with E-state index in [0.717, 1.165) is 29.2 Å². The van der Waals surface area contributed by atoms with E-state index in [9.17, 15) is 22.0 Å². The molecule has 1 aliphatic heterocycles. The van der Waals surface area contributed by atoms with Crippen LogP contribution in [0.2, 0.25) is 0 Å². The minimum Gasteiger partial charge on any atom is -0.369 e. The molecule has 6 nitrogen and oxygen atoms in total. The van der Waals surface area contributed by atoms with E-state index in [1.165, 1.54) is 21.8 Å². The average Bonchev–Trinajstić information content (AvgIpc) is 3.28. The van der Waals surface area contributed by atoms with Crippen molar-refractivity contribution < 1.29 is 22.0 Å². The van der Waals surface area contributed by atoms with Crippen LogP contribution in [-0.2, 0) is 10.0 Å². The first-order valence-corrected chi connectivity index (χ1v) is 11.8. The lowest BCUT2D eigenvalue weighted by Crippen LogP contribution is -2.48. The van der Waals surface area contributed by atoms with Crippen LogP contribution in [0.25, 0.3) is 0 Å². The molecule has 0 saturated carbocycles. The Hall–Kier alpha value is -2.82. The first-order chi connectivity index (χ1) is 14.9. The number of para-hydroxylation sites is 1. The highest BCUT2D eigenvalue weighted by Gasteiger charge is 2.32. The predicted octanol–water partition coefficient (Wildman–Crippen LogP) is 3.79. The van der Waals surface area contributed by atoms with E-state index in [1.54, 1.807) is 0 Å². The summed E-state index contributed by atoms with van der Waals surface area (Å²) < 4.78 is 54.3. The van der Waals surface area contributed by atoms with Gasteiger partial charge in [-0.2, -0.15) is 4.31 Å². The van der Waals surface area contributed by atoms with Gasteiger partial charge in [0.05, 0.1) is 0 Å². The molecule has 162 valence electrons. The lowest BCUT2D eigenvalue weighted by molar-refractivity contribution is 0.102. The number of sulfonamides is 1. The van der Waals surface area contributed by atoms with Crippen molar-refractivity contribution in [2.75, 3.05) is 36.4 Å². The number of anilines is 2. The normalized spacial score (nSPS) is 15.1. The number of carbonyl (C=O) groups is 1. The van der Waals surface area contributed by atoms with Crippen LogP contribution in [0.15, 0.2) is 64.9 Å². The van der Waals surface area contributed by atoms with Crippen molar-refractivity contribution in [2.24, 2.45) is 0 Å². The van der Waals surface area contributed by atoms with Gasteiger partial charge in [0.2, 0.25) is 10.0 Å². The lowest BCUT2D eigenvalue weighted by Gasteiger charge is -2.35. The maximum absolute atomic E-state index is 13.4. The molecule has 0 bridgehead atoms.